The maximum absolute atomic E-state index is 16.4. The van der Waals surface area contributed by atoms with Gasteiger partial charge in [-0.25, -0.2) is 0 Å². The quantitative estimate of drug-likeness (QED) is 0.161. The zero-order valence-corrected chi connectivity index (χ0v) is 42.3. The van der Waals surface area contributed by atoms with Crippen molar-refractivity contribution in [3.8, 4) is 71.0 Å². The number of benzene rings is 10. The fourth-order valence-corrected chi connectivity index (χ4v) is 9.00. The summed E-state index contributed by atoms with van der Waals surface area (Å²) in [6.07, 6.45) is 0. The average molecular weight is 985 g/mol. The zero-order chi connectivity index (χ0) is 52.7. The van der Waals surface area contributed by atoms with Gasteiger partial charge in [-0.1, -0.05) is 205 Å². The Morgan fingerprint density at radius 2 is 0.359 bits per heavy atom. The first-order valence-corrected chi connectivity index (χ1v) is 25.5. The molecule has 0 atom stereocenters. The van der Waals surface area contributed by atoms with Crippen LogP contribution in [0.25, 0.3) is 22.3 Å². The summed E-state index contributed by atoms with van der Waals surface area (Å²) < 4.78 is 0. The third-order valence-electron chi connectivity index (χ3n) is 12.7. The van der Waals surface area contributed by atoms with Crippen LogP contribution >= 0.6 is 0 Å². The van der Waals surface area contributed by atoms with Crippen molar-refractivity contribution in [3.05, 3.63) is 356 Å². The molecule has 0 aliphatic heterocycles. The van der Waals surface area contributed by atoms with Gasteiger partial charge in [0.2, 0.25) is 0 Å². The Balaban J connectivity index is 1.16. The molecule has 0 unspecified atom stereocenters. The summed E-state index contributed by atoms with van der Waals surface area (Å²) >= 11 is 0. The molecule has 78 heavy (non-hydrogen) atoms. The first-order valence-electron chi connectivity index (χ1n) is 25.5. The maximum Gasteiger partial charge on any atom is 0.195 e. The molecule has 0 aromatic heterocycles. The highest BCUT2D eigenvalue weighted by atomic mass is 16.1. The SMILES string of the molecule is O=C1C(c2cc(C#Cc3ccccc3)cc(C#Cc3ccccc3)c2)=C(c2ccc(C#Cc3ccccc3)cc2)C(c2ccc(C#Cc3ccccc3)cc2)=C1c1cc(C#Cc2ccccc2)cc(C#Cc2ccccc2)c1. The number of hydrogen-bond acceptors (Lipinski definition) is 1. The lowest BCUT2D eigenvalue weighted by molar-refractivity contribution is -0.108. The Kier molecular flexibility index (Phi) is 14.9. The topological polar surface area (TPSA) is 17.1 Å². The Bertz CT molecular complexity index is 3890. The third kappa shape index (κ3) is 12.2. The summed E-state index contributed by atoms with van der Waals surface area (Å²) in [5.74, 6) is 40.3. The van der Waals surface area contributed by atoms with Crippen LogP contribution in [0.15, 0.2) is 267 Å². The number of allylic oxidation sites excluding steroid dienone is 4. The van der Waals surface area contributed by atoms with Gasteiger partial charge in [-0.2, -0.15) is 0 Å². The number of carbonyl (C=O) groups excluding carboxylic acids is 1. The predicted octanol–water partition coefficient (Wildman–Crippen LogP) is 15.2. The second-order valence-electron chi connectivity index (χ2n) is 18.3. The predicted molar refractivity (Wildman–Crippen MR) is 319 cm³/mol. The molecule has 358 valence electrons. The van der Waals surface area contributed by atoms with Crippen molar-refractivity contribution in [3.63, 3.8) is 0 Å². The number of hydrogen-bond donors (Lipinski definition) is 0. The minimum atomic E-state index is -0.161. The largest absolute Gasteiger partial charge is 0.289 e. The zero-order valence-electron chi connectivity index (χ0n) is 42.3. The van der Waals surface area contributed by atoms with E-state index >= 15 is 4.79 Å². The molecule has 11 rings (SSSR count). The lowest BCUT2D eigenvalue weighted by Crippen LogP contribution is -2.04. The molecule has 0 radical (unpaired) electrons. The molecule has 0 heterocycles. The van der Waals surface area contributed by atoms with Crippen molar-refractivity contribution in [2.24, 2.45) is 0 Å². The molecule has 0 N–H and O–H groups in total. The monoisotopic (exact) mass is 984 g/mol. The van der Waals surface area contributed by atoms with Gasteiger partial charge in [-0.05, 0) is 156 Å². The molecule has 1 aliphatic rings. The van der Waals surface area contributed by atoms with E-state index in [0.717, 1.165) is 66.8 Å². The molecule has 10 aromatic rings. The van der Waals surface area contributed by atoms with Crippen LogP contribution in [-0.2, 0) is 4.79 Å². The van der Waals surface area contributed by atoms with E-state index in [9.17, 15) is 0 Å². The molecule has 10 aromatic carbocycles. The highest BCUT2D eigenvalue weighted by Gasteiger charge is 2.36. The van der Waals surface area contributed by atoms with Crippen LogP contribution in [0.2, 0.25) is 0 Å². The van der Waals surface area contributed by atoms with E-state index < -0.39 is 0 Å². The van der Waals surface area contributed by atoms with Crippen molar-refractivity contribution in [1.82, 2.24) is 0 Å². The summed E-state index contributed by atoms with van der Waals surface area (Å²) in [6.45, 7) is 0. The Morgan fingerprint density at radius 1 is 0.167 bits per heavy atom. The normalized spacial score (nSPS) is 11.2. The van der Waals surface area contributed by atoms with Gasteiger partial charge in [-0.15, -0.1) is 0 Å². The summed E-state index contributed by atoms with van der Waals surface area (Å²) in [5, 5.41) is 0. The molecular weight excluding hydrogens is 941 g/mol. The standard InChI is InChI=1S/C77H44O/c78-77-75(71-53-65(39-35-59-23-11-3-12-24-59)51-66(54-71)40-36-60-25-13-4-14-26-60)73(69-47-43-63(44-48-69)33-31-57-19-7-1-8-20-57)74(70-49-45-64(46-50-70)34-32-58-21-9-2-10-22-58)76(77)72-55-67(41-37-61-27-15-5-16-28-61)52-68(56-72)42-38-62-29-17-6-18-30-62/h1-30,43-56H. The average Bonchev–Trinajstić information content (AvgIpc) is 4.09. The van der Waals surface area contributed by atoms with Gasteiger partial charge in [0.1, 0.15) is 0 Å². The lowest BCUT2D eigenvalue weighted by atomic mass is 9.88. The van der Waals surface area contributed by atoms with E-state index in [1.165, 1.54) is 0 Å². The molecule has 1 aliphatic carbocycles. The summed E-state index contributed by atoms with van der Waals surface area (Å²) in [6, 6.07) is 87.8. The summed E-state index contributed by atoms with van der Waals surface area (Å²) in [5.41, 5.74) is 15.4. The fraction of sp³-hybridized carbons (Fsp3) is 0. The van der Waals surface area contributed by atoms with Crippen LogP contribution in [0.3, 0.4) is 0 Å². The van der Waals surface area contributed by atoms with E-state index in [2.05, 4.69) is 95.3 Å². The van der Waals surface area contributed by atoms with Crippen LogP contribution in [0, 0.1) is 71.0 Å². The van der Waals surface area contributed by atoms with E-state index in [0.29, 0.717) is 44.5 Å². The fourth-order valence-electron chi connectivity index (χ4n) is 9.00. The third-order valence-corrected chi connectivity index (χ3v) is 12.7. The van der Waals surface area contributed by atoms with Crippen LogP contribution in [0.4, 0.5) is 0 Å². The highest BCUT2D eigenvalue weighted by Crippen LogP contribution is 2.50. The van der Waals surface area contributed by atoms with E-state index in [1.807, 2.05) is 243 Å². The van der Waals surface area contributed by atoms with Gasteiger partial charge in [0.05, 0.1) is 0 Å². The van der Waals surface area contributed by atoms with Crippen LogP contribution in [-0.4, -0.2) is 5.78 Å². The van der Waals surface area contributed by atoms with Gasteiger partial charge >= 0.3 is 0 Å². The van der Waals surface area contributed by atoms with Crippen LogP contribution in [0.5, 0.6) is 0 Å². The first kappa shape index (κ1) is 48.9. The summed E-state index contributed by atoms with van der Waals surface area (Å²) in [4.78, 5) is 16.4. The van der Waals surface area contributed by atoms with Gasteiger partial charge in [0.15, 0.2) is 5.78 Å². The molecule has 0 spiro atoms. The first-order chi connectivity index (χ1) is 38.5. The van der Waals surface area contributed by atoms with E-state index in [1.54, 1.807) is 0 Å². The van der Waals surface area contributed by atoms with Gasteiger partial charge < -0.3 is 0 Å². The van der Waals surface area contributed by atoms with E-state index in [-0.39, 0.29) is 5.78 Å². The Hall–Kier alpha value is -11.3. The molecule has 0 amide bonds. The number of rotatable bonds is 4. The van der Waals surface area contributed by atoms with Gasteiger partial charge in [0, 0.05) is 89.1 Å². The second kappa shape index (κ2) is 23.7. The van der Waals surface area contributed by atoms with Gasteiger partial charge in [0.25, 0.3) is 0 Å². The molecule has 1 nitrogen and oxygen atoms in total. The van der Waals surface area contributed by atoms with Gasteiger partial charge in [-0.3, -0.25) is 4.79 Å². The number of ketones is 1. The van der Waals surface area contributed by atoms with Crippen LogP contribution in [0.1, 0.15) is 89.0 Å². The van der Waals surface area contributed by atoms with Crippen molar-refractivity contribution in [2.45, 2.75) is 0 Å². The van der Waals surface area contributed by atoms with E-state index in [4.69, 9.17) is 0 Å². The highest BCUT2D eigenvalue weighted by molar-refractivity contribution is 6.59. The smallest absolute Gasteiger partial charge is 0.195 e. The second-order valence-corrected chi connectivity index (χ2v) is 18.3. The number of Topliss-reactive ketones (excluding diaryl/α,β-unsaturated/α-hetero) is 1. The van der Waals surface area contributed by atoms with Crippen molar-refractivity contribution in [2.75, 3.05) is 0 Å². The minimum absolute atomic E-state index is 0.161. The molecule has 0 saturated heterocycles. The summed E-state index contributed by atoms with van der Waals surface area (Å²) in [7, 11) is 0. The Morgan fingerprint density at radius 3 is 0.577 bits per heavy atom. The van der Waals surface area contributed by atoms with Crippen molar-refractivity contribution >= 4 is 28.1 Å². The molecule has 0 saturated carbocycles. The maximum atomic E-state index is 16.4. The molecule has 0 fully saturated rings. The Labute approximate surface area is 457 Å². The molecule has 0 bridgehead atoms. The van der Waals surface area contributed by atoms with Crippen molar-refractivity contribution in [1.29, 1.82) is 0 Å². The molecular formula is C77H44O. The van der Waals surface area contributed by atoms with Crippen molar-refractivity contribution < 1.29 is 4.79 Å². The minimum Gasteiger partial charge on any atom is -0.289 e. The van der Waals surface area contributed by atoms with Crippen LogP contribution < -0.4 is 0 Å². The molecule has 1 heteroatoms. The number of carbonyl (C=O) groups is 1. The lowest BCUT2D eigenvalue weighted by Gasteiger charge is -2.14.